The molecule has 8 nitrogen and oxygen atoms in total. The zero-order chi connectivity index (χ0) is 26.7. The van der Waals surface area contributed by atoms with Crippen LogP contribution in [-0.4, -0.2) is 32.3 Å². The minimum absolute atomic E-state index is 0.0780. The first-order valence-corrected chi connectivity index (χ1v) is 11.8. The van der Waals surface area contributed by atoms with Gasteiger partial charge in [0.15, 0.2) is 12.6 Å². The van der Waals surface area contributed by atoms with Gasteiger partial charge >= 0.3 is 0 Å². The Hall–Kier alpha value is -4.01. The fraction of sp³-hybridized carbons (Fsp3) is 0.148. The average Bonchev–Trinajstić information content (AvgIpc) is 3.24. The van der Waals surface area contributed by atoms with Gasteiger partial charge in [0.2, 0.25) is 0 Å². The van der Waals surface area contributed by atoms with Gasteiger partial charge in [0.1, 0.15) is 36.2 Å². The first kappa shape index (κ1) is 26.1. The van der Waals surface area contributed by atoms with Crippen LogP contribution in [0.5, 0.6) is 23.0 Å². The van der Waals surface area contributed by atoms with Crippen LogP contribution in [0.2, 0.25) is 10.0 Å². The van der Waals surface area contributed by atoms with Crippen LogP contribution in [0.4, 0.5) is 0 Å². The number of carbonyl (C=O) groups excluding carboxylic acids is 2. The molecule has 0 aliphatic rings. The molecule has 4 aromatic rings. The second-order valence-corrected chi connectivity index (χ2v) is 9.02. The Morgan fingerprint density at radius 1 is 0.892 bits per heavy atom. The van der Waals surface area contributed by atoms with Crippen LogP contribution in [0.3, 0.4) is 0 Å². The summed E-state index contributed by atoms with van der Waals surface area (Å²) in [6.07, 6.45) is 2.72. The monoisotopic (exact) mass is 540 g/mol. The number of ether oxygens (including phenoxy) is 2. The number of rotatable bonds is 9. The summed E-state index contributed by atoms with van der Waals surface area (Å²) < 4.78 is 13.5. The van der Waals surface area contributed by atoms with E-state index in [2.05, 4.69) is 4.98 Å². The van der Waals surface area contributed by atoms with E-state index in [4.69, 9.17) is 32.7 Å². The highest BCUT2D eigenvalue weighted by molar-refractivity contribution is 6.32. The van der Waals surface area contributed by atoms with Crippen molar-refractivity contribution in [2.45, 2.75) is 27.1 Å². The minimum Gasteiger partial charge on any atom is -0.507 e. The molecule has 0 aliphatic carbocycles. The Morgan fingerprint density at radius 3 is 2.03 bits per heavy atom. The third kappa shape index (κ3) is 5.40. The highest BCUT2D eigenvalue weighted by atomic mass is 35.5. The number of aldehydes is 2. The second-order valence-electron chi connectivity index (χ2n) is 8.20. The Kier molecular flexibility index (Phi) is 7.71. The first-order valence-electron chi connectivity index (χ1n) is 11.1. The van der Waals surface area contributed by atoms with Crippen molar-refractivity contribution in [3.8, 4) is 28.7 Å². The van der Waals surface area contributed by atoms with Gasteiger partial charge in [-0.05, 0) is 43.2 Å². The lowest BCUT2D eigenvalue weighted by Crippen LogP contribution is -2.05. The molecule has 37 heavy (non-hydrogen) atoms. The van der Waals surface area contributed by atoms with E-state index in [1.165, 1.54) is 24.3 Å². The number of phenolic OH excluding ortho intramolecular Hbond substituents is 2. The average molecular weight is 541 g/mol. The van der Waals surface area contributed by atoms with Crippen molar-refractivity contribution in [3.05, 3.63) is 92.5 Å². The lowest BCUT2D eigenvalue weighted by molar-refractivity contribution is 0.111. The number of benzene rings is 3. The van der Waals surface area contributed by atoms with E-state index in [9.17, 15) is 19.8 Å². The number of aromatic nitrogens is 2. The molecule has 4 rings (SSSR count). The van der Waals surface area contributed by atoms with E-state index in [1.54, 1.807) is 6.33 Å². The summed E-state index contributed by atoms with van der Waals surface area (Å²) in [6, 6.07) is 11.1. The molecule has 1 heterocycles. The van der Waals surface area contributed by atoms with Gasteiger partial charge in [0.05, 0.1) is 38.9 Å². The van der Waals surface area contributed by atoms with E-state index in [0.717, 1.165) is 22.5 Å². The fourth-order valence-electron chi connectivity index (χ4n) is 3.75. The van der Waals surface area contributed by atoms with Crippen molar-refractivity contribution in [2.75, 3.05) is 0 Å². The molecule has 0 fully saturated rings. The molecule has 0 saturated heterocycles. The van der Waals surface area contributed by atoms with Gasteiger partial charge in [0, 0.05) is 17.8 Å². The molecule has 190 valence electrons. The van der Waals surface area contributed by atoms with Gasteiger partial charge in [-0.15, -0.1) is 0 Å². The molecule has 0 spiro atoms. The predicted octanol–water partition coefficient (Wildman–Crippen LogP) is 5.99. The maximum absolute atomic E-state index is 11.0. The summed E-state index contributed by atoms with van der Waals surface area (Å²) in [5.74, 6) is 0.0703. The van der Waals surface area contributed by atoms with E-state index < -0.39 is 0 Å². The molecular formula is C27H22Cl2N2O6. The summed E-state index contributed by atoms with van der Waals surface area (Å²) in [4.78, 5) is 26.4. The van der Waals surface area contributed by atoms with E-state index in [-0.39, 0.29) is 57.4 Å². The largest absolute Gasteiger partial charge is 0.507 e. The zero-order valence-electron chi connectivity index (χ0n) is 19.9. The molecule has 0 amide bonds. The number of hydrogen-bond acceptors (Lipinski definition) is 7. The Balaban J connectivity index is 1.52. The molecule has 2 N–H and O–H groups in total. The molecule has 0 unspecified atom stereocenters. The van der Waals surface area contributed by atoms with Crippen LogP contribution in [0.1, 0.15) is 43.2 Å². The normalized spacial score (nSPS) is 10.8. The van der Waals surface area contributed by atoms with Crippen LogP contribution in [0, 0.1) is 13.8 Å². The molecule has 0 bridgehead atoms. The van der Waals surface area contributed by atoms with Gasteiger partial charge in [-0.2, -0.15) is 0 Å². The van der Waals surface area contributed by atoms with E-state index in [0.29, 0.717) is 18.3 Å². The molecular weight excluding hydrogens is 519 g/mol. The van der Waals surface area contributed by atoms with Gasteiger partial charge in [0.25, 0.3) is 0 Å². The standard InChI is InChI=1S/C27H22Cl2N2O6/c1-15-17(12-36-26-8-24(34)18(10-32)6-20(26)28)4-3-5-23(15)31-14-30-22(16(31)2)13-37-27-9-25(35)19(11-33)7-21(27)29/h3-11,14,34-35H,12-13H2,1-2H3. The van der Waals surface area contributed by atoms with Crippen LogP contribution < -0.4 is 9.47 Å². The maximum Gasteiger partial charge on any atom is 0.153 e. The second kappa shape index (κ2) is 10.9. The topological polar surface area (TPSA) is 111 Å². The van der Waals surface area contributed by atoms with Crippen molar-refractivity contribution in [1.82, 2.24) is 9.55 Å². The van der Waals surface area contributed by atoms with Gasteiger partial charge in [-0.3, -0.25) is 9.59 Å². The van der Waals surface area contributed by atoms with Crippen LogP contribution >= 0.6 is 23.2 Å². The zero-order valence-corrected chi connectivity index (χ0v) is 21.4. The number of phenols is 2. The molecule has 0 radical (unpaired) electrons. The van der Waals surface area contributed by atoms with Gasteiger partial charge < -0.3 is 24.3 Å². The highest BCUT2D eigenvalue weighted by Crippen LogP contribution is 2.33. The number of halogens is 2. The molecule has 0 atom stereocenters. The highest BCUT2D eigenvalue weighted by Gasteiger charge is 2.15. The SMILES string of the molecule is Cc1c(COc2cc(O)c(C=O)cc2Cl)cccc1-n1cnc(COc2cc(O)c(C=O)cc2Cl)c1C. The van der Waals surface area contributed by atoms with E-state index >= 15 is 0 Å². The Bertz CT molecular complexity index is 1500. The Morgan fingerprint density at radius 2 is 1.46 bits per heavy atom. The molecule has 0 aliphatic heterocycles. The van der Waals surface area contributed by atoms with Crippen molar-refractivity contribution in [2.24, 2.45) is 0 Å². The Labute approximate surface area is 222 Å². The number of hydrogen-bond donors (Lipinski definition) is 2. The summed E-state index contributed by atoms with van der Waals surface area (Å²) in [6.45, 7) is 4.14. The van der Waals surface area contributed by atoms with Gasteiger partial charge in [-0.25, -0.2) is 4.98 Å². The number of carbonyl (C=O) groups is 2. The van der Waals surface area contributed by atoms with Crippen LogP contribution in [0.25, 0.3) is 5.69 Å². The third-order valence-corrected chi connectivity index (χ3v) is 6.54. The quantitative estimate of drug-likeness (QED) is 0.251. The minimum atomic E-state index is -0.220. The van der Waals surface area contributed by atoms with Gasteiger partial charge in [-0.1, -0.05) is 35.3 Å². The summed E-state index contributed by atoms with van der Waals surface area (Å²) in [5, 5.41) is 20.3. The number of imidazole rings is 1. The van der Waals surface area contributed by atoms with Crippen molar-refractivity contribution in [1.29, 1.82) is 0 Å². The first-order chi connectivity index (χ1) is 17.7. The predicted molar refractivity (Wildman–Crippen MR) is 139 cm³/mol. The summed E-state index contributed by atoms with van der Waals surface area (Å²) in [7, 11) is 0. The number of aromatic hydroxyl groups is 2. The molecule has 3 aromatic carbocycles. The lowest BCUT2D eigenvalue weighted by atomic mass is 10.1. The fourth-order valence-corrected chi connectivity index (χ4v) is 4.20. The third-order valence-electron chi connectivity index (χ3n) is 5.95. The summed E-state index contributed by atoms with van der Waals surface area (Å²) in [5.41, 5.74) is 4.37. The van der Waals surface area contributed by atoms with Crippen molar-refractivity contribution >= 4 is 35.8 Å². The van der Waals surface area contributed by atoms with Crippen LogP contribution in [-0.2, 0) is 13.2 Å². The molecule has 1 aromatic heterocycles. The van der Waals surface area contributed by atoms with E-state index in [1.807, 2.05) is 36.6 Å². The van der Waals surface area contributed by atoms with Crippen molar-refractivity contribution < 1.29 is 29.3 Å². The van der Waals surface area contributed by atoms with Crippen molar-refractivity contribution in [3.63, 3.8) is 0 Å². The summed E-state index contributed by atoms with van der Waals surface area (Å²) >= 11 is 12.4. The lowest BCUT2D eigenvalue weighted by Gasteiger charge is -2.15. The smallest absolute Gasteiger partial charge is 0.153 e. The van der Waals surface area contributed by atoms with Crippen LogP contribution in [0.15, 0.2) is 48.8 Å². The molecule has 10 heteroatoms. The molecule has 0 saturated carbocycles. The number of nitrogens with zero attached hydrogens (tertiary/aromatic N) is 2. The maximum atomic E-state index is 11.0.